The molecule has 1 aromatic carbocycles. The zero-order valence-electron chi connectivity index (χ0n) is 12.4. The van der Waals surface area contributed by atoms with Gasteiger partial charge in [0, 0.05) is 19.0 Å². The highest BCUT2D eigenvalue weighted by Gasteiger charge is 2.19. The number of aromatic nitrogens is 4. The molecule has 1 aliphatic rings. The van der Waals surface area contributed by atoms with E-state index in [0.29, 0.717) is 13.0 Å². The Kier molecular flexibility index (Phi) is 3.38. The van der Waals surface area contributed by atoms with Gasteiger partial charge in [-0.2, -0.15) is 5.10 Å². The van der Waals surface area contributed by atoms with E-state index < -0.39 is 0 Å². The van der Waals surface area contributed by atoms with E-state index >= 15 is 0 Å². The van der Waals surface area contributed by atoms with Gasteiger partial charge in [-0.15, -0.1) is 0 Å². The van der Waals surface area contributed by atoms with Crippen LogP contribution in [0.15, 0.2) is 42.9 Å². The van der Waals surface area contributed by atoms with Gasteiger partial charge in [0.15, 0.2) is 5.65 Å². The van der Waals surface area contributed by atoms with Gasteiger partial charge in [-0.1, -0.05) is 18.2 Å². The third-order valence-corrected chi connectivity index (χ3v) is 3.97. The third-order valence-electron chi connectivity index (χ3n) is 3.97. The van der Waals surface area contributed by atoms with Gasteiger partial charge >= 0.3 is 0 Å². The molecule has 0 radical (unpaired) electrons. The summed E-state index contributed by atoms with van der Waals surface area (Å²) in [7, 11) is 0. The van der Waals surface area contributed by atoms with Gasteiger partial charge in [0.25, 0.3) is 0 Å². The minimum Gasteiger partial charge on any atom is -0.365 e. The second-order valence-electron chi connectivity index (χ2n) is 5.54. The molecular weight excluding hydrogens is 292 g/mol. The Bertz CT molecular complexity index is 834. The Labute approximate surface area is 132 Å². The van der Waals surface area contributed by atoms with Gasteiger partial charge in [-0.25, -0.2) is 14.6 Å². The zero-order valence-corrected chi connectivity index (χ0v) is 12.4. The van der Waals surface area contributed by atoms with E-state index in [2.05, 4.69) is 25.7 Å². The van der Waals surface area contributed by atoms with Crippen molar-refractivity contribution in [3.63, 3.8) is 0 Å². The molecule has 23 heavy (non-hydrogen) atoms. The van der Waals surface area contributed by atoms with Crippen molar-refractivity contribution in [3.8, 4) is 5.69 Å². The number of rotatable bonds is 3. The van der Waals surface area contributed by atoms with Gasteiger partial charge in [0.05, 0.1) is 17.3 Å². The topological polar surface area (TPSA) is 84.7 Å². The summed E-state index contributed by atoms with van der Waals surface area (Å²) in [5.74, 6) is 0.853. The third kappa shape index (κ3) is 2.61. The molecular formula is C16H16N6O. The predicted octanol–water partition coefficient (Wildman–Crippen LogP) is 1.51. The number of carbonyl (C=O) groups excluding carboxylic acids is 1. The van der Waals surface area contributed by atoms with Crippen LogP contribution in [0.5, 0.6) is 0 Å². The Balaban J connectivity index is 1.67. The second kappa shape index (κ2) is 5.68. The molecule has 7 heteroatoms. The second-order valence-corrected chi connectivity index (χ2v) is 5.54. The van der Waals surface area contributed by atoms with E-state index in [-0.39, 0.29) is 11.9 Å². The Morgan fingerprint density at radius 2 is 2.09 bits per heavy atom. The average Bonchev–Trinajstić information content (AvgIpc) is 3.03. The number of nitrogens with one attached hydrogen (secondary N) is 2. The molecule has 1 amide bonds. The number of hydrogen-bond acceptors (Lipinski definition) is 5. The lowest BCUT2D eigenvalue weighted by Crippen LogP contribution is -2.42. The van der Waals surface area contributed by atoms with E-state index in [1.54, 1.807) is 10.9 Å². The molecule has 3 heterocycles. The number of fused-ring (bicyclic) bond motifs is 1. The van der Waals surface area contributed by atoms with Gasteiger partial charge < -0.3 is 10.6 Å². The SMILES string of the molecule is O=C1CCC(Nc2ncnc3c2cnn3-c2ccccc2)CN1. The van der Waals surface area contributed by atoms with Crippen LogP contribution in [0.25, 0.3) is 16.7 Å². The number of para-hydroxylation sites is 1. The Morgan fingerprint density at radius 1 is 1.22 bits per heavy atom. The monoisotopic (exact) mass is 308 g/mol. The normalized spacial score (nSPS) is 17.9. The lowest BCUT2D eigenvalue weighted by Gasteiger charge is -2.24. The maximum Gasteiger partial charge on any atom is 0.220 e. The number of hydrogen-bond donors (Lipinski definition) is 2. The molecule has 7 nitrogen and oxygen atoms in total. The first-order valence-electron chi connectivity index (χ1n) is 7.58. The molecule has 0 spiro atoms. The average molecular weight is 308 g/mol. The van der Waals surface area contributed by atoms with E-state index in [1.807, 2.05) is 30.3 Å². The van der Waals surface area contributed by atoms with Crippen molar-refractivity contribution in [2.75, 3.05) is 11.9 Å². The maximum atomic E-state index is 11.3. The first kappa shape index (κ1) is 13.7. The van der Waals surface area contributed by atoms with Crippen molar-refractivity contribution in [2.24, 2.45) is 0 Å². The van der Waals surface area contributed by atoms with Crippen LogP contribution in [0.1, 0.15) is 12.8 Å². The number of nitrogens with zero attached hydrogens (tertiary/aromatic N) is 4. The smallest absolute Gasteiger partial charge is 0.220 e. The minimum absolute atomic E-state index is 0.104. The first-order chi connectivity index (χ1) is 11.3. The van der Waals surface area contributed by atoms with Gasteiger partial charge in [0.1, 0.15) is 12.1 Å². The quantitative estimate of drug-likeness (QED) is 0.766. The number of benzene rings is 1. The fourth-order valence-corrected chi connectivity index (χ4v) is 2.77. The molecule has 1 saturated heterocycles. The van der Waals surface area contributed by atoms with E-state index in [1.165, 1.54) is 6.33 Å². The molecule has 0 bridgehead atoms. The molecule has 116 valence electrons. The number of anilines is 1. The van der Waals surface area contributed by atoms with Crippen molar-refractivity contribution in [1.29, 1.82) is 0 Å². The minimum atomic E-state index is 0.104. The lowest BCUT2D eigenvalue weighted by molar-refractivity contribution is -0.122. The summed E-state index contributed by atoms with van der Waals surface area (Å²) >= 11 is 0. The maximum absolute atomic E-state index is 11.3. The van der Waals surface area contributed by atoms with Crippen molar-refractivity contribution < 1.29 is 4.79 Å². The summed E-state index contributed by atoms with van der Waals surface area (Å²) in [6, 6.07) is 10.0. The zero-order chi connectivity index (χ0) is 15.6. The van der Waals surface area contributed by atoms with E-state index in [9.17, 15) is 4.79 Å². The molecule has 4 rings (SSSR count). The highest BCUT2D eigenvalue weighted by molar-refractivity contribution is 5.87. The molecule has 1 aliphatic heterocycles. The summed E-state index contributed by atoms with van der Waals surface area (Å²) in [4.78, 5) is 20.0. The highest BCUT2D eigenvalue weighted by Crippen LogP contribution is 2.22. The van der Waals surface area contributed by atoms with Crippen LogP contribution < -0.4 is 10.6 Å². The molecule has 2 N–H and O–H groups in total. The van der Waals surface area contributed by atoms with Crippen molar-refractivity contribution in [3.05, 3.63) is 42.9 Å². The molecule has 1 unspecified atom stereocenters. The van der Waals surface area contributed by atoms with E-state index in [0.717, 1.165) is 29.0 Å². The summed E-state index contributed by atoms with van der Waals surface area (Å²) in [6.07, 6.45) is 4.64. The number of piperidine rings is 1. The van der Waals surface area contributed by atoms with Crippen molar-refractivity contribution >= 4 is 22.8 Å². The van der Waals surface area contributed by atoms with Crippen LogP contribution in [0.2, 0.25) is 0 Å². The van der Waals surface area contributed by atoms with Gasteiger partial charge in [-0.3, -0.25) is 4.79 Å². The van der Waals surface area contributed by atoms with Crippen molar-refractivity contribution in [1.82, 2.24) is 25.1 Å². The number of carbonyl (C=O) groups is 1. The van der Waals surface area contributed by atoms with Crippen molar-refractivity contribution in [2.45, 2.75) is 18.9 Å². The Hall–Kier alpha value is -2.96. The largest absolute Gasteiger partial charge is 0.365 e. The van der Waals surface area contributed by atoms with E-state index in [4.69, 9.17) is 0 Å². The van der Waals surface area contributed by atoms with Crippen LogP contribution in [0.3, 0.4) is 0 Å². The predicted molar refractivity (Wildman–Crippen MR) is 86.3 cm³/mol. The molecule has 0 saturated carbocycles. The fourth-order valence-electron chi connectivity index (χ4n) is 2.77. The van der Waals surface area contributed by atoms with Gasteiger partial charge in [-0.05, 0) is 18.6 Å². The molecule has 3 aromatic rings. The number of amides is 1. The first-order valence-corrected chi connectivity index (χ1v) is 7.58. The summed E-state index contributed by atoms with van der Waals surface area (Å²) in [6.45, 7) is 0.608. The molecule has 0 aliphatic carbocycles. The summed E-state index contributed by atoms with van der Waals surface area (Å²) in [5, 5.41) is 11.6. The molecule has 2 aromatic heterocycles. The van der Waals surface area contributed by atoms with Crippen LogP contribution in [0.4, 0.5) is 5.82 Å². The fraction of sp³-hybridized carbons (Fsp3) is 0.250. The lowest BCUT2D eigenvalue weighted by atomic mass is 10.1. The van der Waals surface area contributed by atoms with Crippen LogP contribution in [-0.4, -0.2) is 38.2 Å². The molecule has 1 atom stereocenters. The van der Waals surface area contributed by atoms with Gasteiger partial charge in [0.2, 0.25) is 5.91 Å². The Morgan fingerprint density at radius 3 is 2.87 bits per heavy atom. The van der Waals surface area contributed by atoms with Crippen LogP contribution >= 0.6 is 0 Å². The highest BCUT2D eigenvalue weighted by atomic mass is 16.1. The standard InChI is InChI=1S/C16H16N6O/c23-14-7-6-11(8-17-14)21-15-13-9-20-22(16(13)19-10-18-15)12-4-2-1-3-5-12/h1-5,9-11H,6-8H2,(H,17,23)(H,18,19,21). The van der Waals surface area contributed by atoms with Crippen LogP contribution in [-0.2, 0) is 4.79 Å². The molecule has 1 fully saturated rings. The summed E-state index contributed by atoms with van der Waals surface area (Å²) in [5.41, 5.74) is 1.71. The van der Waals surface area contributed by atoms with Crippen LogP contribution in [0, 0.1) is 0 Å². The summed E-state index contributed by atoms with van der Waals surface area (Å²) < 4.78 is 1.80.